The van der Waals surface area contributed by atoms with Gasteiger partial charge < -0.3 is 0 Å². The van der Waals surface area contributed by atoms with Crippen LogP contribution in [0.2, 0.25) is 0 Å². The highest BCUT2D eigenvalue weighted by Crippen LogP contribution is 2.48. The number of halogens is 3. The van der Waals surface area contributed by atoms with Crippen molar-refractivity contribution < 1.29 is 13.2 Å². The molecule has 0 heterocycles. The molecule has 132 valence electrons. The van der Waals surface area contributed by atoms with Crippen molar-refractivity contribution in [2.45, 2.75) is 64.2 Å². The fourth-order valence-electron chi connectivity index (χ4n) is 4.86. The first kappa shape index (κ1) is 17.6. The first-order valence-corrected chi connectivity index (χ1v) is 9.34. The van der Waals surface area contributed by atoms with E-state index in [4.69, 9.17) is 0 Å². The van der Waals surface area contributed by atoms with Gasteiger partial charge in [0.05, 0.1) is 0 Å². The van der Waals surface area contributed by atoms with E-state index in [-0.39, 0.29) is 5.92 Å². The molecule has 0 spiro atoms. The van der Waals surface area contributed by atoms with Crippen LogP contribution in [0, 0.1) is 35.2 Å². The second-order valence-corrected chi connectivity index (χ2v) is 7.65. The molecule has 24 heavy (non-hydrogen) atoms. The number of fused-ring (bicyclic) bond motifs is 1. The zero-order valence-electron chi connectivity index (χ0n) is 14.4. The van der Waals surface area contributed by atoms with E-state index in [1.54, 1.807) is 0 Å². The molecule has 2 fully saturated rings. The van der Waals surface area contributed by atoms with Crippen LogP contribution in [0.4, 0.5) is 13.2 Å². The first-order chi connectivity index (χ1) is 11.6. The molecule has 0 aromatic heterocycles. The summed E-state index contributed by atoms with van der Waals surface area (Å²) in [5.41, 5.74) is 0.639. The molecule has 0 bridgehead atoms. The van der Waals surface area contributed by atoms with Gasteiger partial charge in [-0.1, -0.05) is 18.6 Å². The van der Waals surface area contributed by atoms with Crippen LogP contribution in [-0.4, -0.2) is 0 Å². The standard InChI is InChI=1S/C21H27F3/c1-2-3-4-5-14-6-7-16-11-17(9-8-15(16)10-14)18-12-19(22)21(24)20(23)13-18/h2-3,12-17H,4-11H2,1H3. The summed E-state index contributed by atoms with van der Waals surface area (Å²) in [7, 11) is 0. The van der Waals surface area contributed by atoms with E-state index in [0.717, 1.165) is 31.1 Å². The van der Waals surface area contributed by atoms with Gasteiger partial charge in [0.15, 0.2) is 17.5 Å². The van der Waals surface area contributed by atoms with Crippen LogP contribution in [-0.2, 0) is 0 Å². The van der Waals surface area contributed by atoms with Crippen molar-refractivity contribution in [3.8, 4) is 0 Å². The number of rotatable bonds is 4. The summed E-state index contributed by atoms with van der Waals surface area (Å²) in [6.07, 6.45) is 13.7. The number of hydrogen-bond acceptors (Lipinski definition) is 0. The van der Waals surface area contributed by atoms with Gasteiger partial charge in [-0.3, -0.25) is 0 Å². The zero-order chi connectivity index (χ0) is 17.1. The topological polar surface area (TPSA) is 0 Å². The minimum atomic E-state index is -1.35. The maximum absolute atomic E-state index is 13.5. The lowest BCUT2D eigenvalue weighted by molar-refractivity contribution is 0.114. The van der Waals surface area contributed by atoms with Crippen molar-refractivity contribution in [2.24, 2.45) is 17.8 Å². The van der Waals surface area contributed by atoms with Crippen molar-refractivity contribution in [3.05, 3.63) is 47.3 Å². The van der Waals surface area contributed by atoms with Gasteiger partial charge in [-0.05, 0) is 93.2 Å². The smallest absolute Gasteiger partial charge is 0.194 e. The van der Waals surface area contributed by atoms with Crippen molar-refractivity contribution >= 4 is 0 Å². The molecule has 0 N–H and O–H groups in total. The zero-order valence-corrected chi connectivity index (χ0v) is 14.4. The van der Waals surface area contributed by atoms with Gasteiger partial charge in [0.25, 0.3) is 0 Å². The van der Waals surface area contributed by atoms with Crippen LogP contribution in [0.3, 0.4) is 0 Å². The van der Waals surface area contributed by atoms with Crippen LogP contribution >= 0.6 is 0 Å². The van der Waals surface area contributed by atoms with E-state index in [0.29, 0.717) is 11.5 Å². The van der Waals surface area contributed by atoms with Crippen molar-refractivity contribution in [2.75, 3.05) is 0 Å². The van der Waals surface area contributed by atoms with Crippen molar-refractivity contribution in [1.29, 1.82) is 0 Å². The minimum absolute atomic E-state index is 0.176. The van der Waals surface area contributed by atoms with Crippen LogP contribution in [0.25, 0.3) is 0 Å². The summed E-state index contributed by atoms with van der Waals surface area (Å²) in [6.45, 7) is 2.07. The summed E-state index contributed by atoms with van der Waals surface area (Å²) >= 11 is 0. The Kier molecular flexibility index (Phi) is 5.68. The maximum Gasteiger partial charge on any atom is 0.194 e. The Labute approximate surface area is 143 Å². The monoisotopic (exact) mass is 336 g/mol. The Balaban J connectivity index is 1.60. The predicted molar refractivity (Wildman–Crippen MR) is 91.3 cm³/mol. The number of allylic oxidation sites excluding steroid dienone is 2. The molecule has 0 nitrogen and oxygen atoms in total. The van der Waals surface area contributed by atoms with E-state index in [9.17, 15) is 13.2 Å². The fourth-order valence-corrected chi connectivity index (χ4v) is 4.86. The molecule has 4 atom stereocenters. The van der Waals surface area contributed by atoms with Crippen molar-refractivity contribution in [3.63, 3.8) is 0 Å². The molecule has 2 aliphatic carbocycles. The number of benzene rings is 1. The molecule has 4 unspecified atom stereocenters. The van der Waals surface area contributed by atoms with Gasteiger partial charge in [0, 0.05) is 0 Å². The van der Waals surface area contributed by atoms with Crippen LogP contribution < -0.4 is 0 Å². The molecular formula is C21H27F3. The van der Waals surface area contributed by atoms with Crippen molar-refractivity contribution in [1.82, 2.24) is 0 Å². The largest absolute Gasteiger partial charge is 0.204 e. The Morgan fingerprint density at radius 3 is 2.33 bits per heavy atom. The molecule has 0 amide bonds. The summed E-state index contributed by atoms with van der Waals surface area (Å²) in [5.74, 6) is -1.03. The Morgan fingerprint density at radius 2 is 1.62 bits per heavy atom. The molecule has 0 radical (unpaired) electrons. The normalized spacial score (nSPS) is 30.5. The molecule has 0 saturated heterocycles. The third kappa shape index (κ3) is 3.87. The summed E-state index contributed by atoms with van der Waals surface area (Å²) < 4.78 is 40.2. The van der Waals surface area contributed by atoms with E-state index < -0.39 is 17.5 Å². The average Bonchev–Trinajstić information content (AvgIpc) is 2.59. The molecular weight excluding hydrogens is 309 g/mol. The van der Waals surface area contributed by atoms with Gasteiger partial charge >= 0.3 is 0 Å². The molecule has 1 aromatic rings. The second kappa shape index (κ2) is 7.76. The quantitative estimate of drug-likeness (QED) is 0.421. The van der Waals surface area contributed by atoms with Gasteiger partial charge in [-0.25, -0.2) is 13.2 Å². The van der Waals surface area contributed by atoms with E-state index in [1.807, 2.05) is 0 Å². The van der Waals surface area contributed by atoms with E-state index in [1.165, 1.54) is 44.2 Å². The molecule has 3 rings (SSSR count). The highest BCUT2D eigenvalue weighted by atomic mass is 19.2. The fraction of sp³-hybridized carbons (Fsp3) is 0.619. The van der Waals surface area contributed by atoms with E-state index in [2.05, 4.69) is 19.1 Å². The lowest BCUT2D eigenvalue weighted by Gasteiger charge is -2.42. The van der Waals surface area contributed by atoms with Crippen LogP contribution in [0.1, 0.15) is 69.8 Å². The lowest BCUT2D eigenvalue weighted by Crippen LogP contribution is -2.30. The number of hydrogen-bond donors (Lipinski definition) is 0. The van der Waals surface area contributed by atoms with Gasteiger partial charge in [-0.15, -0.1) is 0 Å². The molecule has 1 aromatic carbocycles. The van der Waals surface area contributed by atoms with Gasteiger partial charge in [-0.2, -0.15) is 0 Å². The van der Waals surface area contributed by atoms with Gasteiger partial charge in [0.1, 0.15) is 0 Å². The minimum Gasteiger partial charge on any atom is -0.204 e. The third-order valence-electron chi connectivity index (χ3n) is 6.18. The maximum atomic E-state index is 13.5. The highest BCUT2D eigenvalue weighted by Gasteiger charge is 2.36. The highest BCUT2D eigenvalue weighted by molar-refractivity contribution is 5.24. The molecule has 2 saturated carbocycles. The van der Waals surface area contributed by atoms with E-state index >= 15 is 0 Å². The molecule has 0 aliphatic heterocycles. The SMILES string of the molecule is CC=CCCC1CCC2CC(c3cc(F)c(F)c(F)c3)CCC2C1. The Hall–Kier alpha value is -1.25. The predicted octanol–water partition coefficient (Wildman–Crippen LogP) is 6.76. The van der Waals surface area contributed by atoms with Gasteiger partial charge in [0.2, 0.25) is 0 Å². The molecule has 2 aliphatic rings. The summed E-state index contributed by atoms with van der Waals surface area (Å²) in [5, 5.41) is 0. The lowest BCUT2D eigenvalue weighted by atomic mass is 9.63. The summed E-state index contributed by atoms with van der Waals surface area (Å²) in [4.78, 5) is 0. The van der Waals surface area contributed by atoms with Crippen LogP contribution in [0.5, 0.6) is 0 Å². The second-order valence-electron chi connectivity index (χ2n) is 7.65. The Bertz CT molecular complexity index is 570. The average molecular weight is 336 g/mol. The Morgan fingerprint density at radius 1 is 0.958 bits per heavy atom. The molecule has 3 heteroatoms. The van der Waals surface area contributed by atoms with Crippen LogP contribution in [0.15, 0.2) is 24.3 Å². The third-order valence-corrected chi connectivity index (χ3v) is 6.18. The first-order valence-electron chi connectivity index (χ1n) is 9.34. The summed E-state index contributed by atoms with van der Waals surface area (Å²) in [6, 6.07) is 2.40.